The molecule has 31 heavy (non-hydrogen) atoms. The first-order chi connectivity index (χ1) is 14.9. The van der Waals surface area contributed by atoms with Crippen molar-refractivity contribution in [3.63, 3.8) is 0 Å². The zero-order chi connectivity index (χ0) is 22.5. The molecule has 0 aliphatic rings. The van der Waals surface area contributed by atoms with E-state index in [0.717, 1.165) is 29.5 Å². The van der Waals surface area contributed by atoms with Gasteiger partial charge in [-0.05, 0) is 37.3 Å². The molecule has 0 unspecified atom stereocenters. The molecule has 3 aromatic rings. The van der Waals surface area contributed by atoms with Crippen molar-refractivity contribution in [3.8, 4) is 22.9 Å². The minimum absolute atomic E-state index is 0.136. The molecule has 0 atom stereocenters. The molecule has 0 fully saturated rings. The highest BCUT2D eigenvalue weighted by Crippen LogP contribution is 2.33. The lowest BCUT2D eigenvalue weighted by molar-refractivity contribution is -0.113. The Bertz CT molecular complexity index is 1110. The Hall–Kier alpha value is -3.21. The van der Waals surface area contributed by atoms with Crippen LogP contribution in [-0.4, -0.2) is 40.6 Å². The average molecular weight is 452 g/mol. The largest absolute Gasteiger partial charge is 0.493 e. The first kappa shape index (κ1) is 22.5. The molecule has 2 aromatic carbocycles. The quantitative estimate of drug-likeness (QED) is 0.409. The summed E-state index contributed by atoms with van der Waals surface area (Å²) in [5.74, 6) is -3.49. The van der Waals surface area contributed by atoms with E-state index in [1.807, 2.05) is 13.0 Å². The van der Waals surface area contributed by atoms with Crippen molar-refractivity contribution in [1.29, 1.82) is 0 Å². The summed E-state index contributed by atoms with van der Waals surface area (Å²) >= 11 is 1.08. The third-order valence-corrected chi connectivity index (χ3v) is 5.28. The van der Waals surface area contributed by atoms with E-state index in [1.165, 1.54) is 14.2 Å². The number of benzene rings is 2. The van der Waals surface area contributed by atoms with Crippen molar-refractivity contribution in [2.24, 2.45) is 0 Å². The molecule has 0 spiro atoms. The fourth-order valence-corrected chi connectivity index (χ4v) is 3.61. The van der Waals surface area contributed by atoms with Crippen LogP contribution in [0.15, 0.2) is 35.5 Å². The topological polar surface area (TPSA) is 78.3 Å². The van der Waals surface area contributed by atoms with Gasteiger partial charge in [0.05, 0.1) is 25.7 Å². The van der Waals surface area contributed by atoms with Gasteiger partial charge in [-0.1, -0.05) is 11.8 Å². The maximum absolute atomic E-state index is 13.7. The van der Waals surface area contributed by atoms with Gasteiger partial charge in [0.15, 0.2) is 39.9 Å². The number of rotatable bonds is 8. The number of aromatic nitrogens is 3. The molecule has 1 N–H and O–H groups in total. The molecule has 164 valence electrons. The van der Waals surface area contributed by atoms with E-state index >= 15 is 0 Å². The molecule has 0 bridgehead atoms. The molecule has 11 heteroatoms. The van der Waals surface area contributed by atoms with E-state index in [-0.39, 0.29) is 5.75 Å². The molecule has 0 aliphatic heterocycles. The molecule has 1 aromatic heterocycles. The van der Waals surface area contributed by atoms with Crippen molar-refractivity contribution in [2.45, 2.75) is 18.6 Å². The fraction of sp³-hybridized carbons (Fsp3) is 0.250. The zero-order valence-corrected chi connectivity index (χ0v) is 17.7. The predicted octanol–water partition coefficient (Wildman–Crippen LogP) is 4.13. The number of thioether (sulfide) groups is 1. The van der Waals surface area contributed by atoms with E-state index < -0.39 is 29.0 Å². The number of amides is 1. The Morgan fingerprint density at radius 2 is 1.81 bits per heavy atom. The number of halogens is 3. The highest BCUT2D eigenvalue weighted by atomic mass is 32.2. The Kier molecular flexibility index (Phi) is 7.06. The summed E-state index contributed by atoms with van der Waals surface area (Å²) in [4.78, 5) is 12.2. The van der Waals surface area contributed by atoms with Gasteiger partial charge in [0, 0.05) is 12.1 Å². The maximum Gasteiger partial charge on any atom is 0.234 e. The molecule has 1 heterocycles. The summed E-state index contributed by atoms with van der Waals surface area (Å²) in [6, 6.07) is 7.02. The molecule has 0 saturated heterocycles. The van der Waals surface area contributed by atoms with E-state index in [1.54, 1.807) is 16.7 Å². The van der Waals surface area contributed by atoms with Crippen LogP contribution >= 0.6 is 11.8 Å². The van der Waals surface area contributed by atoms with Gasteiger partial charge in [0.25, 0.3) is 0 Å². The SMILES string of the molecule is CCn1c(SCC(=O)Nc2ccc(F)c(F)c2F)nnc1-c1ccc(OC)c(OC)c1. The van der Waals surface area contributed by atoms with Crippen LogP contribution in [0.25, 0.3) is 11.4 Å². The van der Waals surface area contributed by atoms with Crippen LogP contribution in [0.3, 0.4) is 0 Å². The van der Waals surface area contributed by atoms with Gasteiger partial charge in [-0.25, -0.2) is 13.2 Å². The number of ether oxygens (including phenoxy) is 2. The van der Waals surface area contributed by atoms with Crippen LogP contribution in [0.2, 0.25) is 0 Å². The lowest BCUT2D eigenvalue weighted by Crippen LogP contribution is -2.16. The molecule has 0 saturated carbocycles. The van der Waals surface area contributed by atoms with Crippen molar-refractivity contribution in [1.82, 2.24) is 14.8 Å². The lowest BCUT2D eigenvalue weighted by Gasteiger charge is -2.11. The highest BCUT2D eigenvalue weighted by molar-refractivity contribution is 7.99. The summed E-state index contributed by atoms with van der Waals surface area (Å²) in [6.07, 6.45) is 0. The van der Waals surface area contributed by atoms with E-state index in [9.17, 15) is 18.0 Å². The summed E-state index contributed by atoms with van der Waals surface area (Å²) in [5.41, 5.74) is 0.305. The summed E-state index contributed by atoms with van der Waals surface area (Å²) < 4.78 is 52.4. The number of nitrogens with zero attached hydrogens (tertiary/aromatic N) is 3. The lowest BCUT2D eigenvalue weighted by atomic mass is 10.2. The van der Waals surface area contributed by atoms with Gasteiger partial charge in [-0.3, -0.25) is 4.79 Å². The van der Waals surface area contributed by atoms with Gasteiger partial charge in [0.2, 0.25) is 5.91 Å². The number of hydrogen-bond acceptors (Lipinski definition) is 6. The van der Waals surface area contributed by atoms with Crippen LogP contribution < -0.4 is 14.8 Å². The van der Waals surface area contributed by atoms with Crippen LogP contribution in [-0.2, 0) is 11.3 Å². The van der Waals surface area contributed by atoms with Gasteiger partial charge in [0.1, 0.15) is 0 Å². The zero-order valence-electron chi connectivity index (χ0n) is 16.9. The minimum Gasteiger partial charge on any atom is -0.493 e. The van der Waals surface area contributed by atoms with E-state index in [0.29, 0.717) is 29.0 Å². The first-order valence-corrected chi connectivity index (χ1v) is 10.1. The van der Waals surface area contributed by atoms with Crippen LogP contribution in [0.4, 0.5) is 18.9 Å². The van der Waals surface area contributed by atoms with Gasteiger partial charge in [-0.2, -0.15) is 0 Å². The van der Waals surface area contributed by atoms with Crippen LogP contribution in [0.1, 0.15) is 6.92 Å². The Balaban J connectivity index is 1.74. The van der Waals surface area contributed by atoms with Gasteiger partial charge >= 0.3 is 0 Å². The van der Waals surface area contributed by atoms with Gasteiger partial charge in [-0.15, -0.1) is 10.2 Å². The van der Waals surface area contributed by atoms with Gasteiger partial charge < -0.3 is 19.4 Å². The second-order valence-corrected chi connectivity index (χ2v) is 7.12. The van der Waals surface area contributed by atoms with Crippen molar-refractivity contribution >= 4 is 23.4 Å². The molecule has 0 aliphatic carbocycles. The normalized spacial score (nSPS) is 10.8. The molecule has 7 nitrogen and oxygen atoms in total. The van der Waals surface area contributed by atoms with Crippen molar-refractivity contribution in [3.05, 3.63) is 47.8 Å². The minimum atomic E-state index is -1.64. The molecular weight excluding hydrogens is 433 g/mol. The standard InChI is InChI=1S/C20H19F3N4O3S/c1-4-27-19(11-5-8-14(29-2)15(9-11)30-3)25-26-20(27)31-10-16(28)24-13-7-6-12(21)17(22)18(13)23/h5-9H,4,10H2,1-3H3,(H,24,28). The number of nitrogens with one attached hydrogen (secondary N) is 1. The Morgan fingerprint density at radius 1 is 1.06 bits per heavy atom. The molecule has 0 radical (unpaired) electrons. The number of carbonyl (C=O) groups is 1. The maximum atomic E-state index is 13.7. The second kappa shape index (κ2) is 9.73. The van der Waals surface area contributed by atoms with Crippen LogP contribution in [0, 0.1) is 17.5 Å². The number of hydrogen-bond donors (Lipinski definition) is 1. The van der Waals surface area contributed by atoms with E-state index in [2.05, 4.69) is 15.5 Å². The first-order valence-electron chi connectivity index (χ1n) is 9.11. The fourth-order valence-electron chi connectivity index (χ4n) is 2.81. The monoisotopic (exact) mass is 452 g/mol. The number of carbonyl (C=O) groups excluding carboxylic acids is 1. The molecule has 1 amide bonds. The molecular formula is C20H19F3N4O3S. The van der Waals surface area contributed by atoms with Crippen molar-refractivity contribution < 1.29 is 27.4 Å². The third kappa shape index (κ3) is 4.76. The Labute approximate surface area is 180 Å². The summed E-state index contributed by atoms with van der Waals surface area (Å²) in [7, 11) is 3.07. The Morgan fingerprint density at radius 3 is 2.48 bits per heavy atom. The van der Waals surface area contributed by atoms with E-state index in [4.69, 9.17) is 9.47 Å². The summed E-state index contributed by atoms with van der Waals surface area (Å²) in [6.45, 7) is 2.42. The summed E-state index contributed by atoms with van der Waals surface area (Å²) in [5, 5.41) is 11.0. The van der Waals surface area contributed by atoms with Crippen molar-refractivity contribution in [2.75, 3.05) is 25.3 Å². The highest BCUT2D eigenvalue weighted by Gasteiger charge is 2.18. The number of anilines is 1. The second-order valence-electron chi connectivity index (χ2n) is 6.18. The molecule has 3 rings (SSSR count). The van der Waals surface area contributed by atoms with Crippen LogP contribution in [0.5, 0.6) is 11.5 Å². The smallest absolute Gasteiger partial charge is 0.234 e. The average Bonchev–Trinajstić information content (AvgIpc) is 3.20. The number of methoxy groups -OCH3 is 2. The third-order valence-electron chi connectivity index (χ3n) is 4.32. The predicted molar refractivity (Wildman–Crippen MR) is 110 cm³/mol.